The van der Waals surface area contributed by atoms with Crippen LogP contribution in [-0.4, -0.2) is 29.9 Å². The number of rotatable bonds is 6. The molecule has 2 aliphatic rings. The molecule has 25 heavy (non-hydrogen) atoms. The second kappa shape index (κ2) is 9.29. The van der Waals surface area contributed by atoms with E-state index in [2.05, 4.69) is 26.5 Å². The van der Waals surface area contributed by atoms with Gasteiger partial charge in [0.25, 0.3) is 0 Å². The van der Waals surface area contributed by atoms with E-state index < -0.39 is 0 Å². The van der Waals surface area contributed by atoms with Crippen LogP contribution in [0.4, 0.5) is 0 Å². The van der Waals surface area contributed by atoms with Gasteiger partial charge in [-0.05, 0) is 68.6 Å². The zero-order valence-electron chi connectivity index (χ0n) is 16.0. The van der Waals surface area contributed by atoms with Crippen LogP contribution in [-0.2, 0) is 19.1 Å². The van der Waals surface area contributed by atoms with Gasteiger partial charge in [-0.1, -0.05) is 20.8 Å². The van der Waals surface area contributed by atoms with Crippen molar-refractivity contribution in [3.8, 4) is 0 Å². The molecule has 2 aliphatic carbocycles. The van der Waals surface area contributed by atoms with Crippen LogP contribution in [0.15, 0.2) is 0 Å². The predicted octanol–water partition coefficient (Wildman–Crippen LogP) is 4.56. The van der Waals surface area contributed by atoms with Gasteiger partial charge in [-0.25, -0.2) is 0 Å². The van der Waals surface area contributed by atoms with E-state index in [1.54, 1.807) is 0 Å². The lowest BCUT2D eigenvalue weighted by Crippen LogP contribution is -2.39. The van der Waals surface area contributed by atoms with E-state index >= 15 is 0 Å². The third-order valence-electron chi connectivity index (χ3n) is 6.47. The Labute approximate surface area is 157 Å². The van der Waals surface area contributed by atoms with Gasteiger partial charge in [0, 0.05) is 6.42 Å². The van der Waals surface area contributed by atoms with Crippen LogP contribution in [0.3, 0.4) is 0 Å². The number of esters is 2. The van der Waals surface area contributed by atoms with Gasteiger partial charge in [-0.2, -0.15) is 12.6 Å². The Bertz CT molecular complexity index is 407. The molecule has 0 aromatic rings. The molecule has 0 aliphatic heterocycles. The van der Waals surface area contributed by atoms with Gasteiger partial charge in [0.2, 0.25) is 0 Å². The second-order valence-corrected chi connectivity index (χ2v) is 8.58. The monoisotopic (exact) mass is 370 g/mol. The molecule has 0 aromatic heterocycles. The summed E-state index contributed by atoms with van der Waals surface area (Å²) in [4.78, 5) is 22.9. The van der Waals surface area contributed by atoms with E-state index in [4.69, 9.17) is 9.47 Å². The molecular formula is C20H34O4S. The lowest BCUT2D eigenvalue weighted by molar-refractivity contribution is -0.151. The Morgan fingerprint density at radius 1 is 0.840 bits per heavy atom. The van der Waals surface area contributed by atoms with Gasteiger partial charge in [0.1, 0.15) is 12.2 Å². The topological polar surface area (TPSA) is 52.6 Å². The maximum Gasteiger partial charge on any atom is 0.315 e. The summed E-state index contributed by atoms with van der Waals surface area (Å²) in [5.41, 5.74) is 0.290. The summed E-state index contributed by atoms with van der Waals surface area (Å²) in [6, 6.07) is 0. The van der Waals surface area contributed by atoms with Gasteiger partial charge < -0.3 is 9.47 Å². The van der Waals surface area contributed by atoms with Crippen LogP contribution in [0.1, 0.15) is 78.6 Å². The van der Waals surface area contributed by atoms with Crippen LogP contribution < -0.4 is 0 Å². The van der Waals surface area contributed by atoms with Crippen molar-refractivity contribution in [3.05, 3.63) is 0 Å². The van der Waals surface area contributed by atoms with Gasteiger partial charge >= 0.3 is 11.9 Å². The fraction of sp³-hybridized carbons (Fsp3) is 0.900. The smallest absolute Gasteiger partial charge is 0.315 e. The van der Waals surface area contributed by atoms with Crippen LogP contribution in [0.25, 0.3) is 0 Å². The summed E-state index contributed by atoms with van der Waals surface area (Å²) >= 11 is 3.98. The summed E-state index contributed by atoms with van der Waals surface area (Å²) < 4.78 is 11.0. The molecule has 0 bridgehead atoms. The molecule has 2 rings (SSSR count). The molecule has 0 radical (unpaired) electrons. The Balaban J connectivity index is 1.80. The Morgan fingerprint density at radius 3 is 1.60 bits per heavy atom. The summed E-state index contributed by atoms with van der Waals surface area (Å²) in [5.74, 6) is 1.25. The third kappa shape index (κ3) is 5.63. The minimum Gasteiger partial charge on any atom is -0.462 e. The van der Waals surface area contributed by atoms with Crippen molar-refractivity contribution in [2.75, 3.05) is 5.75 Å². The Kier molecular flexibility index (Phi) is 7.66. The number of carbonyl (C=O) groups is 2. The van der Waals surface area contributed by atoms with Crippen molar-refractivity contribution in [1.82, 2.24) is 0 Å². The minimum absolute atomic E-state index is 0.0724. The maximum atomic E-state index is 11.5. The summed E-state index contributed by atoms with van der Waals surface area (Å²) in [5, 5.41) is 0. The first-order chi connectivity index (χ1) is 11.9. The first-order valence-electron chi connectivity index (χ1n) is 9.86. The van der Waals surface area contributed by atoms with Gasteiger partial charge in [0.05, 0.1) is 5.75 Å². The molecule has 0 aromatic carbocycles. The van der Waals surface area contributed by atoms with Crippen molar-refractivity contribution in [1.29, 1.82) is 0 Å². The van der Waals surface area contributed by atoms with E-state index in [-0.39, 0.29) is 35.3 Å². The van der Waals surface area contributed by atoms with Gasteiger partial charge in [-0.3, -0.25) is 9.59 Å². The van der Waals surface area contributed by atoms with E-state index in [9.17, 15) is 9.59 Å². The molecule has 2 fully saturated rings. The number of thiol groups is 1. The van der Waals surface area contributed by atoms with E-state index in [1.807, 2.05) is 6.92 Å². The molecular weight excluding hydrogens is 336 g/mol. The number of hydrogen-bond acceptors (Lipinski definition) is 5. The summed E-state index contributed by atoms with van der Waals surface area (Å²) in [6.07, 6.45) is 9.13. The highest BCUT2D eigenvalue weighted by Gasteiger charge is 2.41. The highest BCUT2D eigenvalue weighted by atomic mass is 32.1. The number of ether oxygens (including phenoxy) is 2. The number of hydrogen-bond donors (Lipinski definition) is 1. The summed E-state index contributed by atoms with van der Waals surface area (Å²) in [6.45, 7) is 6.66. The van der Waals surface area contributed by atoms with Crippen molar-refractivity contribution in [2.45, 2.75) is 90.8 Å². The first kappa shape index (κ1) is 20.6. The quantitative estimate of drug-likeness (QED) is 0.550. The standard InChI is InChI=1S/C20H34O4S/c1-4-18(21)23-16-9-5-14(6-10-16)20(2,3)15-7-11-17(12-8-15)24-19(22)13-25/h14-17,25H,4-13H2,1-3H3. The molecule has 0 N–H and O–H groups in total. The zero-order valence-corrected chi connectivity index (χ0v) is 16.9. The number of carbonyl (C=O) groups excluding carboxylic acids is 2. The van der Waals surface area contributed by atoms with Crippen LogP contribution in [0.2, 0.25) is 0 Å². The highest BCUT2D eigenvalue weighted by Crippen LogP contribution is 2.48. The van der Waals surface area contributed by atoms with Crippen molar-refractivity contribution < 1.29 is 19.1 Å². The fourth-order valence-electron chi connectivity index (χ4n) is 4.68. The zero-order chi connectivity index (χ0) is 18.4. The van der Waals surface area contributed by atoms with Crippen LogP contribution in [0, 0.1) is 17.3 Å². The lowest BCUT2D eigenvalue weighted by atomic mass is 9.60. The molecule has 0 unspecified atom stereocenters. The molecule has 0 spiro atoms. The second-order valence-electron chi connectivity index (χ2n) is 8.26. The molecule has 2 saturated carbocycles. The van der Waals surface area contributed by atoms with E-state index in [0.717, 1.165) is 51.4 Å². The largest absolute Gasteiger partial charge is 0.462 e. The highest BCUT2D eigenvalue weighted by molar-refractivity contribution is 7.81. The molecule has 0 amide bonds. The van der Waals surface area contributed by atoms with E-state index in [1.165, 1.54) is 0 Å². The minimum atomic E-state index is -0.203. The van der Waals surface area contributed by atoms with Crippen molar-refractivity contribution >= 4 is 24.6 Å². The van der Waals surface area contributed by atoms with E-state index in [0.29, 0.717) is 18.3 Å². The third-order valence-corrected chi connectivity index (χ3v) is 6.73. The summed E-state index contributed by atoms with van der Waals surface area (Å²) in [7, 11) is 0. The van der Waals surface area contributed by atoms with Crippen LogP contribution in [0.5, 0.6) is 0 Å². The van der Waals surface area contributed by atoms with Gasteiger partial charge in [0.15, 0.2) is 0 Å². The normalized spacial score (nSPS) is 30.6. The fourth-order valence-corrected chi connectivity index (χ4v) is 4.75. The Hall–Kier alpha value is -0.710. The average Bonchev–Trinajstić information content (AvgIpc) is 2.62. The molecule has 0 saturated heterocycles. The first-order valence-corrected chi connectivity index (χ1v) is 10.5. The van der Waals surface area contributed by atoms with Crippen molar-refractivity contribution in [2.24, 2.45) is 17.3 Å². The van der Waals surface area contributed by atoms with Gasteiger partial charge in [-0.15, -0.1) is 0 Å². The lowest BCUT2D eigenvalue weighted by Gasteiger charge is -2.46. The van der Waals surface area contributed by atoms with Crippen molar-refractivity contribution in [3.63, 3.8) is 0 Å². The molecule has 5 heteroatoms. The molecule has 144 valence electrons. The van der Waals surface area contributed by atoms with Crippen LogP contribution >= 0.6 is 12.6 Å². The molecule has 0 atom stereocenters. The SMILES string of the molecule is CCC(=O)OC1CCC(C(C)(C)C2CCC(OC(=O)CS)CC2)CC1. The maximum absolute atomic E-state index is 11.5. The average molecular weight is 371 g/mol. The molecule has 4 nitrogen and oxygen atoms in total. The Morgan fingerprint density at radius 2 is 1.24 bits per heavy atom. The molecule has 0 heterocycles. The predicted molar refractivity (Wildman–Crippen MR) is 102 cm³/mol.